The molecule has 2 N–H and O–H groups in total. The van der Waals surface area contributed by atoms with E-state index in [9.17, 15) is 9.90 Å². The predicted molar refractivity (Wildman–Crippen MR) is 113 cm³/mol. The van der Waals surface area contributed by atoms with Crippen molar-refractivity contribution in [1.82, 2.24) is 10.3 Å². The van der Waals surface area contributed by atoms with Gasteiger partial charge in [0.05, 0.1) is 24.3 Å². The Hall–Kier alpha value is -2.11. The van der Waals surface area contributed by atoms with Crippen LogP contribution in [0.15, 0.2) is 36.5 Å². The molecule has 2 aliphatic carbocycles. The molecule has 1 aromatic carbocycles. The summed E-state index contributed by atoms with van der Waals surface area (Å²) in [5.41, 5.74) is 2.34. The van der Waals surface area contributed by atoms with Crippen molar-refractivity contribution in [2.24, 2.45) is 5.41 Å². The van der Waals surface area contributed by atoms with E-state index in [0.29, 0.717) is 23.1 Å². The maximum atomic E-state index is 12.8. The zero-order valence-electron chi connectivity index (χ0n) is 16.7. The molecule has 0 radical (unpaired) electrons. The molecule has 6 heteroatoms. The van der Waals surface area contributed by atoms with Gasteiger partial charge in [-0.3, -0.25) is 4.79 Å². The van der Waals surface area contributed by atoms with Crippen molar-refractivity contribution >= 4 is 17.5 Å². The Balaban J connectivity index is 1.58. The number of carbonyl (C=O) groups excluding carboxylic acids is 1. The molecule has 1 heterocycles. The van der Waals surface area contributed by atoms with Gasteiger partial charge in [-0.05, 0) is 49.4 Å². The molecule has 154 valence electrons. The number of benzene rings is 1. The highest BCUT2D eigenvalue weighted by molar-refractivity contribution is 6.30. The molecule has 2 fully saturated rings. The number of rotatable bonds is 6. The number of pyridine rings is 1. The second kappa shape index (κ2) is 8.33. The van der Waals surface area contributed by atoms with Crippen molar-refractivity contribution in [2.45, 2.75) is 57.6 Å². The molecule has 0 spiro atoms. The molecule has 2 atom stereocenters. The molecule has 2 aromatic rings. The largest absolute Gasteiger partial charge is 0.477 e. The number of nitrogens with one attached hydrogen (secondary N) is 1. The highest BCUT2D eigenvalue weighted by atomic mass is 35.5. The Labute approximate surface area is 176 Å². The lowest BCUT2D eigenvalue weighted by Gasteiger charge is -2.28. The van der Waals surface area contributed by atoms with Crippen molar-refractivity contribution in [3.8, 4) is 17.0 Å². The zero-order valence-corrected chi connectivity index (χ0v) is 17.4. The van der Waals surface area contributed by atoms with Crippen molar-refractivity contribution in [3.05, 3.63) is 47.1 Å². The minimum Gasteiger partial charge on any atom is -0.477 e. The molecule has 29 heavy (non-hydrogen) atoms. The molecule has 2 aliphatic rings. The fourth-order valence-electron chi connectivity index (χ4n) is 3.66. The Morgan fingerprint density at radius 3 is 2.69 bits per heavy atom. The Morgan fingerprint density at radius 2 is 2.00 bits per heavy atom. The third-order valence-corrected chi connectivity index (χ3v) is 6.23. The van der Waals surface area contributed by atoms with Crippen LogP contribution >= 0.6 is 11.6 Å². The topological polar surface area (TPSA) is 71.5 Å². The number of aliphatic hydroxyl groups excluding tert-OH is 1. The van der Waals surface area contributed by atoms with Gasteiger partial charge in [-0.2, -0.15) is 0 Å². The molecular weight excluding hydrogens is 388 g/mol. The van der Waals surface area contributed by atoms with Gasteiger partial charge < -0.3 is 15.2 Å². The van der Waals surface area contributed by atoms with Crippen LogP contribution in [0.2, 0.25) is 5.02 Å². The maximum absolute atomic E-state index is 12.8. The van der Waals surface area contributed by atoms with Crippen LogP contribution in [0.5, 0.6) is 5.88 Å². The second-order valence-electron chi connectivity index (χ2n) is 8.61. The number of ether oxygens (including phenoxy) is 1. The van der Waals surface area contributed by atoms with Crippen LogP contribution in [0.25, 0.3) is 11.1 Å². The molecule has 0 saturated heterocycles. The van der Waals surface area contributed by atoms with Crippen molar-refractivity contribution in [1.29, 1.82) is 0 Å². The van der Waals surface area contributed by atoms with E-state index in [0.717, 1.165) is 49.7 Å². The van der Waals surface area contributed by atoms with E-state index < -0.39 is 6.10 Å². The number of hydrogen-bond donors (Lipinski definition) is 2. The van der Waals surface area contributed by atoms with Crippen LogP contribution in [0.1, 0.15) is 55.8 Å². The van der Waals surface area contributed by atoms with Crippen molar-refractivity contribution in [3.63, 3.8) is 0 Å². The van der Waals surface area contributed by atoms with Gasteiger partial charge in [0, 0.05) is 22.2 Å². The van der Waals surface area contributed by atoms with Gasteiger partial charge in [0.25, 0.3) is 5.91 Å². The number of nitrogens with zero attached hydrogens (tertiary/aromatic N) is 1. The molecule has 0 unspecified atom stereocenters. The maximum Gasteiger partial charge on any atom is 0.253 e. The van der Waals surface area contributed by atoms with Crippen LogP contribution in [-0.4, -0.2) is 34.8 Å². The third-order valence-electron chi connectivity index (χ3n) is 5.98. The Morgan fingerprint density at radius 1 is 1.28 bits per heavy atom. The van der Waals surface area contributed by atoms with Crippen LogP contribution in [0, 0.1) is 5.41 Å². The predicted octanol–water partition coefficient (Wildman–Crippen LogP) is 4.61. The Bertz CT molecular complexity index is 880. The van der Waals surface area contributed by atoms with Gasteiger partial charge in [0.15, 0.2) is 0 Å². The molecule has 2 saturated carbocycles. The van der Waals surface area contributed by atoms with Gasteiger partial charge in [-0.25, -0.2) is 4.98 Å². The summed E-state index contributed by atoms with van der Waals surface area (Å²) in [4.78, 5) is 17.3. The second-order valence-corrected chi connectivity index (χ2v) is 9.05. The summed E-state index contributed by atoms with van der Waals surface area (Å²) in [5, 5.41) is 13.8. The summed E-state index contributed by atoms with van der Waals surface area (Å²) < 4.78 is 6.03. The first-order valence-corrected chi connectivity index (χ1v) is 10.7. The summed E-state index contributed by atoms with van der Waals surface area (Å²) in [6.45, 7) is 2.81. The smallest absolute Gasteiger partial charge is 0.253 e. The molecule has 0 bridgehead atoms. The molecule has 5 nitrogen and oxygen atoms in total. The van der Waals surface area contributed by atoms with E-state index >= 15 is 0 Å². The number of carbonyl (C=O) groups is 1. The van der Waals surface area contributed by atoms with Crippen LogP contribution in [0.4, 0.5) is 0 Å². The molecular formula is C23H27ClN2O3. The molecule has 1 amide bonds. The average molecular weight is 415 g/mol. The van der Waals surface area contributed by atoms with Gasteiger partial charge in [-0.15, -0.1) is 0 Å². The molecule has 1 aromatic heterocycles. The van der Waals surface area contributed by atoms with E-state index in [1.807, 2.05) is 30.3 Å². The quantitative estimate of drug-likeness (QED) is 0.723. The SMILES string of the molecule is CC1(COc2ncc(C(=O)N[C@@H]3CCCC[C@H]3O)cc2-c2ccc(Cl)cc2)CC1. The van der Waals surface area contributed by atoms with E-state index in [2.05, 4.69) is 17.2 Å². The lowest BCUT2D eigenvalue weighted by Crippen LogP contribution is -2.45. The number of aromatic nitrogens is 1. The van der Waals surface area contributed by atoms with E-state index in [-0.39, 0.29) is 17.4 Å². The van der Waals surface area contributed by atoms with E-state index in [4.69, 9.17) is 16.3 Å². The van der Waals surface area contributed by atoms with Gasteiger partial charge in [0.2, 0.25) is 5.88 Å². The van der Waals surface area contributed by atoms with Gasteiger partial charge in [-0.1, -0.05) is 43.5 Å². The standard InChI is InChI=1S/C23H27ClN2O3/c1-23(10-11-23)14-29-22-18(15-6-8-17(24)9-7-15)12-16(13-25-22)21(28)26-19-4-2-3-5-20(19)27/h6-9,12-13,19-20,27H,2-5,10-11,14H2,1H3,(H,26,28)/t19-,20-/m1/s1. The van der Waals surface area contributed by atoms with Crippen LogP contribution in [0.3, 0.4) is 0 Å². The van der Waals surface area contributed by atoms with Crippen LogP contribution in [-0.2, 0) is 0 Å². The summed E-state index contributed by atoms with van der Waals surface area (Å²) in [6.07, 6.45) is 6.92. The summed E-state index contributed by atoms with van der Waals surface area (Å²) in [7, 11) is 0. The minimum atomic E-state index is -0.488. The van der Waals surface area contributed by atoms with Gasteiger partial charge in [0.1, 0.15) is 0 Å². The number of hydrogen-bond acceptors (Lipinski definition) is 4. The van der Waals surface area contributed by atoms with E-state index in [1.165, 1.54) is 0 Å². The van der Waals surface area contributed by atoms with Crippen molar-refractivity contribution < 1.29 is 14.6 Å². The lowest BCUT2D eigenvalue weighted by atomic mass is 9.92. The highest BCUT2D eigenvalue weighted by Crippen LogP contribution is 2.45. The molecule has 4 rings (SSSR count). The first-order valence-electron chi connectivity index (χ1n) is 10.3. The average Bonchev–Trinajstić information content (AvgIpc) is 3.46. The summed E-state index contributed by atoms with van der Waals surface area (Å²) in [5.74, 6) is 0.300. The highest BCUT2D eigenvalue weighted by Gasteiger charge is 2.38. The number of amides is 1. The Kier molecular flexibility index (Phi) is 5.79. The van der Waals surface area contributed by atoms with E-state index in [1.54, 1.807) is 6.20 Å². The fraction of sp³-hybridized carbons (Fsp3) is 0.478. The zero-order chi connectivity index (χ0) is 20.4. The third kappa shape index (κ3) is 4.90. The number of halogens is 1. The normalized spacial score (nSPS) is 22.7. The fourth-order valence-corrected chi connectivity index (χ4v) is 3.79. The van der Waals surface area contributed by atoms with Gasteiger partial charge >= 0.3 is 0 Å². The lowest BCUT2D eigenvalue weighted by molar-refractivity contribution is 0.0717. The monoisotopic (exact) mass is 414 g/mol. The minimum absolute atomic E-state index is 0.207. The molecule has 0 aliphatic heterocycles. The number of aliphatic hydroxyl groups is 1. The first-order chi connectivity index (χ1) is 13.9. The van der Waals surface area contributed by atoms with Crippen LogP contribution < -0.4 is 10.1 Å². The van der Waals surface area contributed by atoms with Crippen molar-refractivity contribution in [2.75, 3.05) is 6.61 Å². The first kappa shape index (κ1) is 20.2. The summed E-state index contributed by atoms with van der Waals surface area (Å²) >= 11 is 6.04. The summed E-state index contributed by atoms with van der Waals surface area (Å²) in [6, 6.07) is 9.03.